The lowest BCUT2D eigenvalue weighted by atomic mass is 10.0. The molecule has 0 bridgehead atoms. The number of hydrazine groups is 1. The van der Waals surface area contributed by atoms with Crippen LogP contribution in [0, 0.1) is 5.92 Å². The van der Waals surface area contributed by atoms with Crippen LogP contribution in [-0.2, 0) is 14.3 Å². The van der Waals surface area contributed by atoms with Crippen molar-refractivity contribution in [1.82, 2.24) is 10.9 Å². The molecule has 0 aromatic heterocycles. The number of halogens is 1. The summed E-state index contributed by atoms with van der Waals surface area (Å²) >= 11 is 7.87. The number of esters is 1. The lowest BCUT2D eigenvalue weighted by molar-refractivity contribution is -0.140. The summed E-state index contributed by atoms with van der Waals surface area (Å²) in [6, 6.07) is 11.1. The molecule has 34 heavy (non-hydrogen) atoms. The van der Waals surface area contributed by atoms with Crippen LogP contribution in [0.15, 0.2) is 41.4 Å². The van der Waals surface area contributed by atoms with Crippen molar-refractivity contribution in [3.8, 4) is 11.5 Å². The molecule has 180 valence electrons. The number of carbonyl (C=O) groups excluding carboxylic acids is 2. The molecular weight excluding hydrogens is 478 g/mol. The monoisotopic (exact) mass is 503 g/mol. The Labute approximate surface area is 207 Å². The maximum Gasteiger partial charge on any atom is 0.307 e. The average Bonchev–Trinajstić information content (AvgIpc) is 3.70. The summed E-state index contributed by atoms with van der Waals surface area (Å²) in [6.45, 7) is 0. The van der Waals surface area contributed by atoms with Gasteiger partial charge in [0.15, 0.2) is 11.5 Å². The van der Waals surface area contributed by atoms with Gasteiger partial charge in [-0.05, 0) is 42.7 Å². The van der Waals surface area contributed by atoms with Gasteiger partial charge in [0.1, 0.15) is 5.84 Å². The van der Waals surface area contributed by atoms with Crippen LogP contribution in [0.5, 0.6) is 11.5 Å². The van der Waals surface area contributed by atoms with Crippen LogP contribution in [0.25, 0.3) is 0 Å². The lowest BCUT2D eigenvalue weighted by Crippen LogP contribution is -2.46. The van der Waals surface area contributed by atoms with Crippen LogP contribution in [0.1, 0.15) is 35.6 Å². The number of thioether (sulfide) groups is 1. The summed E-state index contributed by atoms with van der Waals surface area (Å²) in [5.74, 6) is 1.18. The number of amides is 1. The van der Waals surface area contributed by atoms with E-state index in [-0.39, 0.29) is 29.5 Å². The number of amidine groups is 1. The molecule has 2 N–H and O–H groups in total. The first-order valence-corrected chi connectivity index (χ1v) is 12.1. The SMILES string of the molecule is COC(=O)C[C@@H]1S[C@@H](c2cccc(OC)c2OC)c2cc(Cl)ccc2N=C1NNC(=O)C1CC1. The molecular formula is C24H26ClN3O5S. The van der Waals surface area contributed by atoms with Crippen LogP contribution < -0.4 is 20.3 Å². The van der Waals surface area contributed by atoms with Gasteiger partial charge >= 0.3 is 5.97 Å². The van der Waals surface area contributed by atoms with Crippen LogP contribution in [0.4, 0.5) is 5.69 Å². The third-order valence-electron chi connectivity index (χ3n) is 5.68. The van der Waals surface area contributed by atoms with Crippen molar-refractivity contribution < 1.29 is 23.8 Å². The minimum Gasteiger partial charge on any atom is -0.493 e. The topological polar surface area (TPSA) is 98.2 Å². The number of ether oxygens (including phenoxy) is 3. The Morgan fingerprint density at radius 2 is 1.91 bits per heavy atom. The van der Waals surface area contributed by atoms with Crippen LogP contribution in [0.3, 0.4) is 0 Å². The average molecular weight is 504 g/mol. The molecule has 0 saturated heterocycles. The zero-order valence-corrected chi connectivity index (χ0v) is 20.7. The van der Waals surface area contributed by atoms with Gasteiger partial charge in [-0.25, -0.2) is 4.99 Å². The maximum absolute atomic E-state index is 12.3. The summed E-state index contributed by atoms with van der Waals surface area (Å²) in [4.78, 5) is 29.4. The molecule has 1 fully saturated rings. The number of nitrogens with one attached hydrogen (secondary N) is 2. The highest BCUT2D eigenvalue weighted by Crippen LogP contribution is 2.50. The number of benzene rings is 2. The predicted molar refractivity (Wildman–Crippen MR) is 132 cm³/mol. The second-order valence-electron chi connectivity index (χ2n) is 7.96. The van der Waals surface area contributed by atoms with Gasteiger partial charge in [0.05, 0.1) is 43.9 Å². The summed E-state index contributed by atoms with van der Waals surface area (Å²) in [5, 5.41) is -0.181. The summed E-state index contributed by atoms with van der Waals surface area (Å²) in [6.07, 6.45) is 1.80. The Kier molecular flexibility index (Phi) is 7.53. The van der Waals surface area contributed by atoms with Crippen LogP contribution in [-0.4, -0.2) is 44.3 Å². The van der Waals surface area contributed by atoms with E-state index < -0.39 is 5.25 Å². The van der Waals surface area contributed by atoms with Gasteiger partial charge in [0.25, 0.3) is 0 Å². The van der Waals surface area contributed by atoms with Crippen molar-refractivity contribution in [1.29, 1.82) is 0 Å². The zero-order valence-electron chi connectivity index (χ0n) is 19.1. The fraction of sp³-hybridized carbons (Fsp3) is 0.375. The van der Waals surface area contributed by atoms with E-state index in [4.69, 9.17) is 30.8 Å². The number of para-hydroxylation sites is 1. The Morgan fingerprint density at radius 1 is 1.12 bits per heavy atom. The highest BCUT2D eigenvalue weighted by molar-refractivity contribution is 8.01. The molecule has 1 amide bonds. The van der Waals surface area contributed by atoms with E-state index >= 15 is 0 Å². The molecule has 1 saturated carbocycles. The summed E-state index contributed by atoms with van der Waals surface area (Å²) in [7, 11) is 4.52. The Hall–Kier alpha value is -2.91. The van der Waals surface area contributed by atoms with E-state index in [2.05, 4.69) is 10.9 Å². The number of rotatable bonds is 6. The van der Waals surface area contributed by atoms with Crippen molar-refractivity contribution in [2.24, 2.45) is 10.9 Å². The molecule has 4 rings (SSSR count). The first kappa shape index (κ1) is 24.2. The highest BCUT2D eigenvalue weighted by atomic mass is 35.5. The third-order valence-corrected chi connectivity index (χ3v) is 7.41. The van der Waals surface area contributed by atoms with Crippen molar-refractivity contribution in [2.75, 3.05) is 21.3 Å². The molecule has 8 nitrogen and oxygen atoms in total. The molecule has 0 unspecified atom stereocenters. The second-order valence-corrected chi connectivity index (χ2v) is 9.71. The van der Waals surface area contributed by atoms with Gasteiger partial charge < -0.3 is 14.2 Å². The molecule has 0 spiro atoms. The lowest BCUT2D eigenvalue weighted by Gasteiger charge is -2.25. The Balaban J connectivity index is 1.78. The predicted octanol–water partition coefficient (Wildman–Crippen LogP) is 4.19. The van der Waals surface area contributed by atoms with E-state index in [1.54, 1.807) is 20.3 Å². The molecule has 2 aliphatic rings. The number of hydrogen-bond donors (Lipinski definition) is 2. The maximum atomic E-state index is 12.3. The van der Waals surface area contributed by atoms with E-state index in [0.717, 1.165) is 24.0 Å². The number of carbonyl (C=O) groups is 2. The second kappa shape index (κ2) is 10.6. The molecule has 1 aliphatic carbocycles. The zero-order chi connectivity index (χ0) is 24.2. The van der Waals surface area contributed by atoms with Gasteiger partial charge in [-0.15, -0.1) is 11.8 Å². The number of methoxy groups -OCH3 is 3. The molecule has 2 aromatic rings. The van der Waals surface area contributed by atoms with Crippen molar-refractivity contribution in [2.45, 2.75) is 29.8 Å². The number of fused-ring (bicyclic) bond motifs is 1. The smallest absolute Gasteiger partial charge is 0.307 e. The van der Waals surface area contributed by atoms with Crippen molar-refractivity contribution in [3.05, 3.63) is 52.5 Å². The van der Waals surface area contributed by atoms with Gasteiger partial charge in [0.2, 0.25) is 5.91 Å². The quantitative estimate of drug-likeness (QED) is 0.450. The molecule has 10 heteroatoms. The molecule has 0 radical (unpaired) electrons. The normalized spacial score (nSPS) is 19.2. The minimum atomic E-state index is -0.445. The first-order valence-electron chi connectivity index (χ1n) is 10.8. The third kappa shape index (κ3) is 5.26. The van der Waals surface area contributed by atoms with Gasteiger partial charge in [-0.3, -0.25) is 20.4 Å². The molecule has 2 aromatic carbocycles. The van der Waals surface area contributed by atoms with E-state index in [9.17, 15) is 9.59 Å². The van der Waals surface area contributed by atoms with Gasteiger partial charge in [0, 0.05) is 16.5 Å². The largest absolute Gasteiger partial charge is 0.493 e. The minimum absolute atomic E-state index is 0.0190. The van der Waals surface area contributed by atoms with Gasteiger partial charge in [-0.1, -0.05) is 23.7 Å². The summed E-state index contributed by atoms with van der Waals surface area (Å²) in [5.41, 5.74) is 8.09. The summed E-state index contributed by atoms with van der Waals surface area (Å²) < 4.78 is 16.2. The molecule has 1 heterocycles. The standard InChI is InChI=1S/C24H26ClN3O5S/c1-31-18-6-4-5-15(21(18)33-3)22-16-11-14(25)9-10-17(16)26-23(19(34-22)12-20(29)32-2)27-28-24(30)13-7-8-13/h4-6,9-11,13,19,22H,7-8,12H2,1-3H3,(H,26,27)(H,28,30)/t19-,22-/m0/s1. The fourth-order valence-electron chi connectivity index (χ4n) is 3.76. The molecule has 2 atom stereocenters. The van der Waals surface area contributed by atoms with Crippen LogP contribution >= 0.6 is 23.4 Å². The number of aliphatic imine (C=N–C) groups is 1. The number of nitrogens with zero attached hydrogens (tertiary/aromatic N) is 1. The van der Waals surface area contributed by atoms with Crippen molar-refractivity contribution in [3.63, 3.8) is 0 Å². The highest BCUT2D eigenvalue weighted by Gasteiger charge is 2.35. The van der Waals surface area contributed by atoms with E-state index in [1.807, 2.05) is 30.3 Å². The van der Waals surface area contributed by atoms with Crippen molar-refractivity contribution >= 4 is 46.8 Å². The first-order chi connectivity index (χ1) is 16.4. The fourth-order valence-corrected chi connectivity index (χ4v) is 5.41. The van der Waals surface area contributed by atoms with Crippen LogP contribution in [0.2, 0.25) is 5.02 Å². The Bertz CT molecular complexity index is 1120. The molecule has 1 aliphatic heterocycles. The van der Waals surface area contributed by atoms with E-state index in [0.29, 0.717) is 28.0 Å². The Morgan fingerprint density at radius 3 is 2.59 bits per heavy atom. The number of hydrogen-bond acceptors (Lipinski definition) is 8. The van der Waals surface area contributed by atoms with E-state index in [1.165, 1.54) is 18.9 Å². The van der Waals surface area contributed by atoms with Gasteiger partial charge in [-0.2, -0.15) is 0 Å².